The second-order valence-corrected chi connectivity index (χ2v) is 6.40. The van der Waals surface area contributed by atoms with Crippen molar-refractivity contribution in [3.63, 3.8) is 0 Å². The topological polar surface area (TPSA) is 172 Å². The van der Waals surface area contributed by atoms with E-state index in [1.165, 1.54) is 38.1 Å². The van der Waals surface area contributed by atoms with Crippen molar-refractivity contribution in [2.24, 2.45) is 11.8 Å². The zero-order valence-electron chi connectivity index (χ0n) is 15.1. The molecule has 1 aliphatic heterocycles. The summed E-state index contributed by atoms with van der Waals surface area (Å²) in [6.45, 7) is 2.54. The average Bonchev–Trinajstić information content (AvgIpc) is 2.63. The van der Waals surface area contributed by atoms with Crippen molar-refractivity contribution < 1.29 is 33.9 Å². The molecule has 1 aromatic rings. The molecule has 148 valence electrons. The maximum absolute atomic E-state index is 12.5. The molecule has 0 radical (unpaired) electrons. The average molecular weight is 390 g/mol. The zero-order valence-corrected chi connectivity index (χ0v) is 15.1. The van der Waals surface area contributed by atoms with Gasteiger partial charge in [-0.15, -0.1) is 0 Å². The third kappa shape index (κ3) is 4.27. The molecule has 1 saturated heterocycles. The predicted octanol–water partition coefficient (Wildman–Crippen LogP) is 0.00940. The molecule has 2 N–H and O–H groups in total. The quantitative estimate of drug-likeness (QED) is 0.0919. The summed E-state index contributed by atoms with van der Waals surface area (Å²) in [5.74, 6) is -4.20. The number of carbonyl (C=O) groups is 3. The maximum atomic E-state index is 12.5. The number of nitro groups is 1. The van der Waals surface area contributed by atoms with Gasteiger partial charge in [-0.2, -0.15) is 4.79 Å². The van der Waals surface area contributed by atoms with E-state index >= 15 is 0 Å². The molecule has 28 heavy (non-hydrogen) atoms. The number of ether oxygens (including phenoxy) is 1. The molecule has 0 bridgehead atoms. The molecule has 0 aliphatic carbocycles. The Morgan fingerprint density at radius 2 is 1.96 bits per heavy atom. The number of Topliss-reactive ketones (excluding diaryl/α,β-unsaturated/α-hetero) is 1. The van der Waals surface area contributed by atoms with E-state index in [-0.39, 0.29) is 12.3 Å². The van der Waals surface area contributed by atoms with Gasteiger partial charge in [0.25, 0.3) is 11.5 Å². The molecule has 2 rings (SSSR count). The first-order chi connectivity index (χ1) is 13.2. The van der Waals surface area contributed by atoms with Crippen LogP contribution >= 0.6 is 0 Å². The Morgan fingerprint density at radius 1 is 1.36 bits per heavy atom. The number of benzene rings is 1. The third-order valence-electron chi connectivity index (χ3n) is 4.51. The van der Waals surface area contributed by atoms with Crippen LogP contribution < -0.4 is 5.32 Å². The number of non-ortho nitro benzene ring substituents is 1. The van der Waals surface area contributed by atoms with E-state index < -0.39 is 52.3 Å². The molecule has 1 heterocycles. The van der Waals surface area contributed by atoms with Gasteiger partial charge in [-0.1, -0.05) is 6.92 Å². The molecule has 1 amide bonds. The van der Waals surface area contributed by atoms with Crippen LogP contribution in [0.25, 0.3) is 5.53 Å². The van der Waals surface area contributed by atoms with E-state index in [2.05, 4.69) is 10.1 Å². The predicted molar refractivity (Wildman–Crippen MR) is 92.8 cm³/mol. The van der Waals surface area contributed by atoms with Gasteiger partial charge in [-0.25, -0.2) is 4.79 Å². The molecule has 1 aliphatic rings. The zero-order chi connectivity index (χ0) is 21.0. The number of rotatable bonds is 8. The molecule has 0 spiro atoms. The number of esters is 1. The van der Waals surface area contributed by atoms with Crippen molar-refractivity contribution >= 4 is 29.1 Å². The summed E-state index contributed by atoms with van der Waals surface area (Å²) in [6.07, 6.45) is -0.988. The van der Waals surface area contributed by atoms with E-state index in [0.29, 0.717) is 5.56 Å². The number of aliphatic hydroxyl groups excluding tert-OH is 1. The fraction of sp³-hybridized carbons (Fsp3) is 0.412. The monoisotopic (exact) mass is 390 g/mol. The molecule has 1 fully saturated rings. The van der Waals surface area contributed by atoms with Gasteiger partial charge in [0.1, 0.15) is 6.61 Å². The van der Waals surface area contributed by atoms with E-state index in [9.17, 15) is 29.6 Å². The van der Waals surface area contributed by atoms with Crippen LogP contribution in [0.15, 0.2) is 24.3 Å². The molecule has 11 heteroatoms. The summed E-state index contributed by atoms with van der Waals surface area (Å²) in [4.78, 5) is 48.8. The lowest BCUT2D eigenvalue weighted by atomic mass is 9.76. The van der Waals surface area contributed by atoms with Gasteiger partial charge in [0, 0.05) is 18.1 Å². The lowest BCUT2D eigenvalue weighted by Gasteiger charge is -2.40. The second kappa shape index (κ2) is 8.51. The molecule has 1 aromatic carbocycles. The fourth-order valence-electron chi connectivity index (χ4n) is 2.87. The van der Waals surface area contributed by atoms with Crippen LogP contribution in [0, 0.1) is 22.0 Å². The number of nitro benzene ring substituents is 1. The number of nitrogens with zero attached hydrogens (tertiary/aromatic N) is 3. The van der Waals surface area contributed by atoms with Crippen molar-refractivity contribution in [3.05, 3.63) is 45.5 Å². The first-order valence-corrected chi connectivity index (χ1v) is 8.32. The third-order valence-corrected chi connectivity index (χ3v) is 4.51. The number of nitrogens with one attached hydrogen (secondary N) is 1. The summed E-state index contributed by atoms with van der Waals surface area (Å²) in [6, 6.07) is 4.50. The minimum Gasteiger partial charge on any atom is -0.452 e. The molecule has 1 unspecified atom stereocenters. The number of ketones is 1. The lowest BCUT2D eigenvalue weighted by Crippen LogP contribution is -2.66. The first-order valence-electron chi connectivity index (χ1n) is 8.32. The second-order valence-electron chi connectivity index (χ2n) is 6.40. The van der Waals surface area contributed by atoms with Crippen LogP contribution in [0.3, 0.4) is 0 Å². The molecular weight excluding hydrogens is 372 g/mol. The van der Waals surface area contributed by atoms with Gasteiger partial charge in [-0.3, -0.25) is 19.7 Å². The number of aliphatic hydroxyl groups is 1. The largest absolute Gasteiger partial charge is 0.452 e. The molecule has 4 atom stereocenters. The van der Waals surface area contributed by atoms with Crippen molar-refractivity contribution in [1.82, 2.24) is 5.32 Å². The minimum atomic E-state index is -1.18. The van der Waals surface area contributed by atoms with Crippen LogP contribution in [0.4, 0.5) is 5.69 Å². The van der Waals surface area contributed by atoms with Gasteiger partial charge >= 0.3 is 11.7 Å². The van der Waals surface area contributed by atoms with Crippen LogP contribution in [0.5, 0.6) is 0 Å². The minimum absolute atomic E-state index is 0.132. The van der Waals surface area contributed by atoms with E-state index in [0.717, 1.165) is 0 Å². The normalized spacial score (nSPS) is 20.0. The van der Waals surface area contributed by atoms with Crippen LogP contribution in [-0.2, 0) is 25.7 Å². The Morgan fingerprint density at radius 3 is 2.43 bits per heavy atom. The summed E-state index contributed by atoms with van der Waals surface area (Å²) in [7, 11) is 0. The number of hydrogen-bond donors (Lipinski definition) is 2. The van der Waals surface area contributed by atoms with Gasteiger partial charge in [0.2, 0.25) is 5.91 Å². The Bertz CT molecular complexity index is 859. The highest BCUT2D eigenvalue weighted by atomic mass is 16.6. The Labute approximate surface area is 159 Å². The van der Waals surface area contributed by atoms with Gasteiger partial charge in [0.05, 0.1) is 23.0 Å². The molecule has 0 aromatic heterocycles. The summed E-state index contributed by atoms with van der Waals surface area (Å²) in [5, 5.41) is 22.7. The Hall–Kier alpha value is -3.43. The summed E-state index contributed by atoms with van der Waals surface area (Å²) < 4.78 is 4.92. The van der Waals surface area contributed by atoms with Crippen molar-refractivity contribution in [2.75, 3.05) is 0 Å². The highest BCUT2D eigenvalue weighted by Gasteiger charge is 2.50. The maximum Gasteiger partial charge on any atom is 0.441 e. The number of β-lactam (4-membered cyclic amide) rings is 1. The van der Waals surface area contributed by atoms with E-state index in [4.69, 9.17) is 10.3 Å². The lowest BCUT2D eigenvalue weighted by molar-refractivity contribution is -0.384. The first kappa shape index (κ1) is 20.9. The fourth-order valence-corrected chi connectivity index (χ4v) is 2.87. The van der Waals surface area contributed by atoms with Crippen LogP contribution in [0.2, 0.25) is 0 Å². The number of hydrogen-bond acceptors (Lipinski definition) is 7. The molecule has 11 nitrogen and oxygen atoms in total. The number of carbonyl (C=O) groups excluding carboxylic acids is 3. The summed E-state index contributed by atoms with van der Waals surface area (Å²) >= 11 is 0. The number of amides is 1. The van der Waals surface area contributed by atoms with Crippen molar-refractivity contribution in [1.29, 1.82) is 0 Å². The Balaban J connectivity index is 2.00. The Kier molecular flexibility index (Phi) is 6.34. The highest BCUT2D eigenvalue weighted by Crippen LogP contribution is 2.26. The van der Waals surface area contributed by atoms with Crippen molar-refractivity contribution in [3.8, 4) is 0 Å². The molecule has 0 saturated carbocycles. The summed E-state index contributed by atoms with van der Waals surface area (Å²) in [5.41, 5.74) is 8.51. The van der Waals surface area contributed by atoms with Crippen LogP contribution in [-0.4, -0.2) is 50.3 Å². The van der Waals surface area contributed by atoms with Gasteiger partial charge in [0.15, 0.2) is 0 Å². The SMILES string of the molecule is CC(C(=O)C(=[N+]=[N-])C(=O)OCc1ccc([N+](=O)[O-])cc1)[C@H]1NC(=O)[C@H]1[C@@H](C)O. The standard InChI is InChI=1S/C17H18N4O7/c1-8(13-12(9(2)22)16(24)19-13)15(23)14(20-18)17(25)28-7-10-3-5-11(6-4-10)21(26)27/h3-6,8-9,12-13,22H,7H2,1-2H3,(H,19,24)/t8?,9-,12+,13-/m1/s1. The van der Waals surface area contributed by atoms with Gasteiger partial charge in [-0.05, 0) is 24.6 Å². The van der Waals surface area contributed by atoms with E-state index in [1.807, 2.05) is 0 Å². The van der Waals surface area contributed by atoms with E-state index in [1.54, 1.807) is 0 Å². The highest BCUT2D eigenvalue weighted by molar-refractivity contribution is 6.62. The van der Waals surface area contributed by atoms with Gasteiger partial charge < -0.3 is 20.7 Å². The van der Waals surface area contributed by atoms with Crippen LogP contribution in [0.1, 0.15) is 19.4 Å². The molecular formula is C17H18N4O7. The smallest absolute Gasteiger partial charge is 0.441 e. The van der Waals surface area contributed by atoms with Crippen molar-refractivity contribution in [2.45, 2.75) is 32.6 Å².